The number of ether oxygens (including phenoxy) is 1. The van der Waals surface area contributed by atoms with Gasteiger partial charge in [-0.2, -0.15) is 0 Å². The summed E-state index contributed by atoms with van der Waals surface area (Å²) in [5, 5.41) is 12.1. The summed E-state index contributed by atoms with van der Waals surface area (Å²) in [6.07, 6.45) is 1.87. The topological polar surface area (TPSA) is 47.0 Å². The summed E-state index contributed by atoms with van der Waals surface area (Å²) in [4.78, 5) is 0. The van der Waals surface area contributed by atoms with Gasteiger partial charge < -0.3 is 10.1 Å². The Morgan fingerprint density at radius 2 is 2.16 bits per heavy atom. The fraction of sp³-hybridized carbons (Fsp3) is 0.167. The number of benzene rings is 1. The number of aromatic nitrogens is 2. The summed E-state index contributed by atoms with van der Waals surface area (Å²) in [5.41, 5.74) is 2.46. The van der Waals surface area contributed by atoms with Crippen LogP contribution in [0.4, 0.5) is 10.8 Å². The molecular formula is C12H12ClN3OS2. The SMILES string of the molecule is COc1ccc(Nc2nnc(SC/C=C/Cl)s2)cc1. The molecule has 1 aromatic carbocycles. The third-order valence-corrected chi connectivity index (χ3v) is 4.24. The molecule has 100 valence electrons. The molecule has 0 unspecified atom stereocenters. The third kappa shape index (κ3) is 4.41. The van der Waals surface area contributed by atoms with Crippen molar-refractivity contribution in [2.45, 2.75) is 4.34 Å². The fourth-order valence-electron chi connectivity index (χ4n) is 1.27. The summed E-state index contributed by atoms with van der Waals surface area (Å²) < 4.78 is 6.01. The van der Waals surface area contributed by atoms with Crippen molar-refractivity contribution in [2.24, 2.45) is 0 Å². The van der Waals surface area contributed by atoms with E-state index in [9.17, 15) is 0 Å². The zero-order valence-electron chi connectivity index (χ0n) is 10.2. The highest BCUT2D eigenvalue weighted by Gasteiger charge is 2.04. The maximum Gasteiger partial charge on any atom is 0.210 e. The molecule has 1 N–H and O–H groups in total. The molecule has 0 aliphatic carbocycles. The van der Waals surface area contributed by atoms with Crippen molar-refractivity contribution < 1.29 is 4.74 Å². The molecular weight excluding hydrogens is 302 g/mol. The molecule has 0 radical (unpaired) electrons. The van der Waals surface area contributed by atoms with Gasteiger partial charge in [-0.1, -0.05) is 40.8 Å². The standard InChI is InChI=1S/C12H12ClN3OS2/c1-17-10-5-3-9(4-6-10)14-11-15-16-12(19-11)18-8-2-7-13/h2-7H,8H2,1H3,(H,14,15)/b7-2+. The van der Waals surface area contributed by atoms with Crippen LogP contribution in [0, 0.1) is 0 Å². The van der Waals surface area contributed by atoms with E-state index in [0.29, 0.717) is 0 Å². The smallest absolute Gasteiger partial charge is 0.210 e. The van der Waals surface area contributed by atoms with E-state index in [1.807, 2.05) is 30.3 Å². The van der Waals surface area contributed by atoms with Gasteiger partial charge in [0.15, 0.2) is 4.34 Å². The van der Waals surface area contributed by atoms with Crippen molar-refractivity contribution in [3.8, 4) is 5.75 Å². The molecule has 1 heterocycles. The molecule has 0 amide bonds. The number of hydrogen-bond donors (Lipinski definition) is 1. The number of thioether (sulfide) groups is 1. The predicted octanol–water partition coefficient (Wildman–Crippen LogP) is 4.13. The molecule has 1 aromatic heterocycles. The summed E-state index contributed by atoms with van der Waals surface area (Å²) in [5.74, 6) is 1.62. The van der Waals surface area contributed by atoms with Crippen LogP contribution >= 0.6 is 34.7 Å². The summed E-state index contributed by atoms with van der Waals surface area (Å²) in [6.45, 7) is 0. The van der Waals surface area contributed by atoms with Crippen LogP contribution in [0.1, 0.15) is 0 Å². The van der Waals surface area contributed by atoms with Crippen molar-refractivity contribution in [2.75, 3.05) is 18.2 Å². The van der Waals surface area contributed by atoms with Crippen LogP contribution in [0.2, 0.25) is 0 Å². The second-order valence-electron chi connectivity index (χ2n) is 3.40. The fourth-order valence-corrected chi connectivity index (χ4v) is 3.07. The Bertz CT molecular complexity index is 542. The van der Waals surface area contributed by atoms with E-state index >= 15 is 0 Å². The second-order valence-corrected chi connectivity index (χ2v) is 5.90. The van der Waals surface area contributed by atoms with Gasteiger partial charge in [0.1, 0.15) is 5.75 Å². The van der Waals surface area contributed by atoms with Crippen molar-refractivity contribution in [1.29, 1.82) is 0 Å². The van der Waals surface area contributed by atoms with Crippen LogP contribution in [-0.4, -0.2) is 23.1 Å². The maximum absolute atomic E-state index is 5.46. The zero-order valence-corrected chi connectivity index (χ0v) is 12.6. The Balaban J connectivity index is 1.94. The van der Waals surface area contributed by atoms with Gasteiger partial charge in [-0.15, -0.1) is 10.2 Å². The number of rotatable bonds is 6. The van der Waals surface area contributed by atoms with Gasteiger partial charge >= 0.3 is 0 Å². The first-order chi connectivity index (χ1) is 9.31. The number of nitrogens with zero attached hydrogens (tertiary/aromatic N) is 2. The van der Waals surface area contributed by atoms with Crippen molar-refractivity contribution in [1.82, 2.24) is 10.2 Å². The van der Waals surface area contributed by atoms with Crippen LogP contribution in [0.5, 0.6) is 5.75 Å². The molecule has 0 spiro atoms. The highest BCUT2D eigenvalue weighted by atomic mass is 35.5. The molecule has 0 aliphatic rings. The minimum Gasteiger partial charge on any atom is -0.497 e. The van der Waals surface area contributed by atoms with Gasteiger partial charge in [0.05, 0.1) is 7.11 Å². The molecule has 0 bridgehead atoms. The van der Waals surface area contributed by atoms with Crippen LogP contribution in [0.3, 0.4) is 0 Å². The molecule has 0 fully saturated rings. The maximum atomic E-state index is 5.46. The molecule has 0 saturated heterocycles. The monoisotopic (exact) mass is 313 g/mol. The first-order valence-corrected chi connectivity index (χ1v) is 7.68. The van der Waals surface area contributed by atoms with Crippen LogP contribution in [0.15, 0.2) is 40.2 Å². The average Bonchev–Trinajstić information content (AvgIpc) is 2.88. The van der Waals surface area contributed by atoms with Gasteiger partial charge in [-0.05, 0) is 24.3 Å². The minimum absolute atomic E-state index is 0.766. The van der Waals surface area contributed by atoms with Gasteiger partial charge in [-0.3, -0.25) is 0 Å². The number of methoxy groups -OCH3 is 1. The number of hydrogen-bond acceptors (Lipinski definition) is 6. The lowest BCUT2D eigenvalue weighted by Crippen LogP contribution is -1.89. The molecule has 4 nitrogen and oxygen atoms in total. The van der Waals surface area contributed by atoms with E-state index in [1.165, 1.54) is 16.9 Å². The average molecular weight is 314 g/mol. The molecule has 19 heavy (non-hydrogen) atoms. The van der Waals surface area contributed by atoms with Crippen LogP contribution in [0.25, 0.3) is 0 Å². The minimum atomic E-state index is 0.766. The lowest BCUT2D eigenvalue weighted by atomic mass is 10.3. The normalized spacial score (nSPS) is 10.8. The number of nitrogens with one attached hydrogen (secondary N) is 1. The summed E-state index contributed by atoms with van der Waals surface area (Å²) in [6, 6.07) is 7.65. The van der Waals surface area contributed by atoms with Gasteiger partial charge in [0.2, 0.25) is 5.13 Å². The predicted molar refractivity (Wildman–Crippen MR) is 81.9 cm³/mol. The Hall–Kier alpha value is -1.24. The van der Waals surface area contributed by atoms with E-state index in [-0.39, 0.29) is 0 Å². The van der Waals surface area contributed by atoms with Crippen LogP contribution < -0.4 is 10.1 Å². The van der Waals surface area contributed by atoms with Crippen LogP contribution in [-0.2, 0) is 0 Å². The molecule has 0 saturated carbocycles. The largest absolute Gasteiger partial charge is 0.497 e. The van der Waals surface area contributed by atoms with Gasteiger partial charge in [-0.25, -0.2) is 0 Å². The molecule has 0 aliphatic heterocycles. The Morgan fingerprint density at radius 3 is 2.84 bits per heavy atom. The summed E-state index contributed by atoms with van der Waals surface area (Å²) in [7, 11) is 1.64. The Labute approximate surface area is 124 Å². The zero-order chi connectivity index (χ0) is 13.5. The summed E-state index contributed by atoms with van der Waals surface area (Å²) >= 11 is 8.56. The Kier molecular flexibility index (Phi) is 5.50. The second kappa shape index (κ2) is 7.37. The van der Waals surface area contributed by atoms with Crippen molar-refractivity contribution in [3.63, 3.8) is 0 Å². The molecule has 2 aromatic rings. The first kappa shape index (κ1) is 14.2. The van der Waals surface area contributed by atoms with E-state index in [1.54, 1.807) is 18.9 Å². The van der Waals surface area contributed by atoms with E-state index < -0.39 is 0 Å². The molecule has 7 heteroatoms. The van der Waals surface area contributed by atoms with E-state index in [4.69, 9.17) is 16.3 Å². The Morgan fingerprint density at radius 1 is 1.37 bits per heavy atom. The highest BCUT2D eigenvalue weighted by Crippen LogP contribution is 2.28. The molecule has 0 atom stereocenters. The van der Waals surface area contributed by atoms with Gasteiger partial charge in [0.25, 0.3) is 0 Å². The number of halogens is 1. The van der Waals surface area contributed by atoms with E-state index in [2.05, 4.69) is 15.5 Å². The quantitative estimate of drug-likeness (QED) is 0.812. The number of anilines is 2. The first-order valence-electron chi connectivity index (χ1n) is 5.44. The third-order valence-electron chi connectivity index (χ3n) is 2.14. The molecule has 2 rings (SSSR count). The van der Waals surface area contributed by atoms with Crippen molar-refractivity contribution in [3.05, 3.63) is 35.9 Å². The van der Waals surface area contributed by atoms with Crippen molar-refractivity contribution >= 4 is 45.5 Å². The van der Waals surface area contributed by atoms with Gasteiger partial charge in [0, 0.05) is 17.0 Å². The van der Waals surface area contributed by atoms with E-state index in [0.717, 1.165) is 26.7 Å². The lowest BCUT2D eigenvalue weighted by Gasteiger charge is -2.03. The highest BCUT2D eigenvalue weighted by molar-refractivity contribution is 8.01. The lowest BCUT2D eigenvalue weighted by molar-refractivity contribution is 0.415.